The number of hydrogen-bond donors (Lipinski definition) is 1. The van der Waals surface area contributed by atoms with Crippen LogP contribution < -0.4 is 5.32 Å². The van der Waals surface area contributed by atoms with Crippen LogP contribution in [0.4, 0.5) is 5.69 Å². The largest absolute Gasteiger partial charge is 0.364 e. The SMILES string of the molecule is N#CC1(Nc2ccc(Cl)c(Br)c2)CCc2ccccc21. The van der Waals surface area contributed by atoms with Gasteiger partial charge in [0.25, 0.3) is 0 Å². The highest BCUT2D eigenvalue weighted by atomic mass is 79.9. The number of hydrogen-bond acceptors (Lipinski definition) is 2. The molecule has 0 saturated heterocycles. The van der Waals surface area contributed by atoms with Crippen molar-refractivity contribution in [1.29, 1.82) is 5.26 Å². The molecule has 2 aromatic carbocycles. The fourth-order valence-corrected chi connectivity index (χ4v) is 3.20. The summed E-state index contributed by atoms with van der Waals surface area (Å²) in [5.74, 6) is 0. The van der Waals surface area contributed by atoms with Crippen molar-refractivity contribution >= 4 is 33.2 Å². The van der Waals surface area contributed by atoms with Gasteiger partial charge in [-0.1, -0.05) is 35.9 Å². The Labute approximate surface area is 131 Å². The second kappa shape index (κ2) is 5.12. The van der Waals surface area contributed by atoms with Gasteiger partial charge in [0, 0.05) is 10.2 Å². The minimum atomic E-state index is -0.649. The minimum absolute atomic E-state index is 0.649. The van der Waals surface area contributed by atoms with Gasteiger partial charge < -0.3 is 5.32 Å². The Kier molecular flexibility index (Phi) is 3.45. The monoisotopic (exact) mass is 346 g/mol. The summed E-state index contributed by atoms with van der Waals surface area (Å²) in [6.07, 6.45) is 1.70. The van der Waals surface area contributed by atoms with Crippen molar-refractivity contribution in [3.63, 3.8) is 0 Å². The number of rotatable bonds is 2. The maximum absolute atomic E-state index is 9.70. The van der Waals surface area contributed by atoms with Crippen molar-refractivity contribution in [1.82, 2.24) is 0 Å². The lowest BCUT2D eigenvalue weighted by Gasteiger charge is -2.25. The third-order valence-corrected chi connectivity index (χ3v) is 4.93. The van der Waals surface area contributed by atoms with E-state index in [1.165, 1.54) is 5.56 Å². The molecule has 0 heterocycles. The summed E-state index contributed by atoms with van der Waals surface area (Å²) < 4.78 is 0.823. The first-order valence-electron chi connectivity index (χ1n) is 6.37. The van der Waals surface area contributed by atoms with Gasteiger partial charge in [0.15, 0.2) is 5.54 Å². The molecule has 100 valence electrons. The zero-order valence-corrected chi connectivity index (χ0v) is 13.0. The summed E-state index contributed by atoms with van der Waals surface area (Å²) in [4.78, 5) is 0. The quantitative estimate of drug-likeness (QED) is 0.840. The predicted molar refractivity (Wildman–Crippen MR) is 84.8 cm³/mol. The normalized spacial score (nSPS) is 20.2. The molecule has 20 heavy (non-hydrogen) atoms. The van der Waals surface area contributed by atoms with E-state index in [-0.39, 0.29) is 0 Å². The lowest BCUT2D eigenvalue weighted by molar-refractivity contribution is 0.621. The van der Waals surface area contributed by atoms with E-state index in [9.17, 15) is 5.26 Å². The Bertz CT molecular complexity index is 708. The molecule has 4 heteroatoms. The average Bonchev–Trinajstić information content (AvgIpc) is 2.83. The lowest BCUT2D eigenvalue weighted by atomic mass is 9.93. The Hall–Kier alpha value is -1.50. The Morgan fingerprint density at radius 1 is 1.25 bits per heavy atom. The van der Waals surface area contributed by atoms with Crippen LogP contribution >= 0.6 is 27.5 Å². The molecule has 1 N–H and O–H groups in total. The molecule has 0 radical (unpaired) electrons. The van der Waals surface area contributed by atoms with Crippen LogP contribution in [0.25, 0.3) is 0 Å². The molecule has 0 bridgehead atoms. The van der Waals surface area contributed by atoms with E-state index in [2.05, 4.69) is 33.4 Å². The topological polar surface area (TPSA) is 35.8 Å². The number of nitrogens with zero attached hydrogens (tertiary/aromatic N) is 1. The molecule has 3 rings (SSSR count). The van der Waals surface area contributed by atoms with E-state index < -0.39 is 5.54 Å². The minimum Gasteiger partial charge on any atom is -0.364 e. The zero-order valence-electron chi connectivity index (χ0n) is 10.7. The van der Waals surface area contributed by atoms with Crippen LogP contribution in [0.3, 0.4) is 0 Å². The van der Waals surface area contributed by atoms with Gasteiger partial charge in [-0.25, -0.2) is 0 Å². The maximum atomic E-state index is 9.70. The predicted octanol–water partition coefficient (Wildman–Crippen LogP) is 4.88. The summed E-state index contributed by atoms with van der Waals surface area (Å²) in [6, 6.07) is 16.2. The van der Waals surface area contributed by atoms with Crippen molar-refractivity contribution in [2.24, 2.45) is 0 Å². The molecule has 0 aliphatic heterocycles. The van der Waals surface area contributed by atoms with Crippen LogP contribution in [0.15, 0.2) is 46.9 Å². The standard InChI is InChI=1S/C16H12BrClN2/c17-14-9-12(5-6-15(14)18)20-16(10-19)8-7-11-3-1-2-4-13(11)16/h1-6,9,20H,7-8H2. The van der Waals surface area contributed by atoms with Crippen LogP contribution in [0.5, 0.6) is 0 Å². The zero-order chi connectivity index (χ0) is 14.2. The number of halogens is 2. The molecule has 0 fully saturated rings. The van der Waals surface area contributed by atoms with Gasteiger partial charge in [-0.05, 0) is 58.1 Å². The van der Waals surface area contributed by atoms with Crippen LogP contribution in [0, 0.1) is 11.3 Å². The van der Waals surface area contributed by atoms with E-state index in [4.69, 9.17) is 11.6 Å². The van der Waals surface area contributed by atoms with E-state index in [0.717, 1.165) is 28.6 Å². The Morgan fingerprint density at radius 3 is 2.80 bits per heavy atom. The molecule has 1 aliphatic rings. The number of aryl methyl sites for hydroxylation is 1. The fraction of sp³-hybridized carbons (Fsp3) is 0.188. The molecule has 2 aromatic rings. The lowest BCUT2D eigenvalue weighted by Crippen LogP contribution is -2.31. The molecule has 2 nitrogen and oxygen atoms in total. The summed E-state index contributed by atoms with van der Waals surface area (Å²) in [7, 11) is 0. The van der Waals surface area contributed by atoms with Crippen molar-refractivity contribution in [2.45, 2.75) is 18.4 Å². The Morgan fingerprint density at radius 2 is 2.05 bits per heavy atom. The first-order chi connectivity index (χ1) is 9.64. The molecule has 0 saturated carbocycles. The van der Waals surface area contributed by atoms with Crippen LogP contribution in [-0.2, 0) is 12.0 Å². The van der Waals surface area contributed by atoms with Crippen LogP contribution in [0.1, 0.15) is 17.5 Å². The van der Waals surface area contributed by atoms with Crippen LogP contribution in [-0.4, -0.2) is 0 Å². The first-order valence-corrected chi connectivity index (χ1v) is 7.55. The number of nitrogens with one attached hydrogen (secondary N) is 1. The van der Waals surface area contributed by atoms with Crippen molar-refractivity contribution in [2.75, 3.05) is 5.32 Å². The third kappa shape index (κ3) is 2.19. The van der Waals surface area contributed by atoms with E-state index in [0.29, 0.717) is 5.02 Å². The van der Waals surface area contributed by atoms with Crippen molar-refractivity contribution < 1.29 is 0 Å². The van der Waals surface area contributed by atoms with Crippen molar-refractivity contribution in [3.05, 3.63) is 63.1 Å². The van der Waals surface area contributed by atoms with Gasteiger partial charge in [0.1, 0.15) is 0 Å². The summed E-state index contributed by atoms with van der Waals surface area (Å²) in [5, 5.41) is 13.7. The number of nitriles is 1. The van der Waals surface area contributed by atoms with Gasteiger partial charge in [-0.15, -0.1) is 0 Å². The van der Waals surface area contributed by atoms with E-state index >= 15 is 0 Å². The van der Waals surface area contributed by atoms with E-state index in [1.54, 1.807) is 0 Å². The summed E-state index contributed by atoms with van der Waals surface area (Å²) in [5.41, 5.74) is 2.56. The summed E-state index contributed by atoms with van der Waals surface area (Å²) >= 11 is 9.42. The third-order valence-electron chi connectivity index (χ3n) is 3.71. The first kappa shape index (κ1) is 13.5. The highest BCUT2D eigenvalue weighted by molar-refractivity contribution is 9.10. The number of fused-ring (bicyclic) bond motifs is 1. The molecule has 0 amide bonds. The van der Waals surface area contributed by atoms with E-state index in [1.807, 2.05) is 36.4 Å². The highest BCUT2D eigenvalue weighted by Crippen LogP contribution is 2.39. The average molecular weight is 348 g/mol. The summed E-state index contributed by atoms with van der Waals surface area (Å²) in [6.45, 7) is 0. The van der Waals surface area contributed by atoms with Gasteiger partial charge in [-0.3, -0.25) is 0 Å². The number of anilines is 1. The molecular weight excluding hydrogens is 336 g/mol. The number of benzene rings is 2. The second-order valence-electron chi connectivity index (χ2n) is 4.93. The van der Waals surface area contributed by atoms with Gasteiger partial charge in [0.05, 0.1) is 11.1 Å². The molecular formula is C16H12BrClN2. The van der Waals surface area contributed by atoms with Crippen LogP contribution in [0.2, 0.25) is 5.02 Å². The van der Waals surface area contributed by atoms with Gasteiger partial charge in [-0.2, -0.15) is 5.26 Å². The van der Waals surface area contributed by atoms with Crippen molar-refractivity contribution in [3.8, 4) is 6.07 Å². The Balaban J connectivity index is 2.00. The molecule has 0 spiro atoms. The molecule has 0 aromatic heterocycles. The smallest absolute Gasteiger partial charge is 0.151 e. The molecule has 1 atom stereocenters. The van der Waals surface area contributed by atoms with Gasteiger partial charge in [0.2, 0.25) is 0 Å². The molecule has 1 aliphatic carbocycles. The fourth-order valence-electron chi connectivity index (χ4n) is 2.71. The highest BCUT2D eigenvalue weighted by Gasteiger charge is 2.38. The second-order valence-corrected chi connectivity index (χ2v) is 6.19. The van der Waals surface area contributed by atoms with Gasteiger partial charge >= 0.3 is 0 Å². The molecule has 1 unspecified atom stereocenters. The maximum Gasteiger partial charge on any atom is 0.151 e.